The van der Waals surface area contributed by atoms with Gasteiger partial charge in [0.05, 0.1) is 10.4 Å². The fourth-order valence-corrected chi connectivity index (χ4v) is 4.40. The van der Waals surface area contributed by atoms with Gasteiger partial charge in [-0.05, 0) is 29.7 Å². The van der Waals surface area contributed by atoms with Gasteiger partial charge in [0.1, 0.15) is 16.6 Å². The number of fused-ring (bicyclic) bond motifs is 2. The molecule has 0 saturated carbocycles. The SMILES string of the molecule is CC(=O)O[C@@H]1c2ccccc2C[C@H]1NC(=O)c1cc2cc(Cl)sc2[nH]1. The molecule has 7 heteroatoms. The monoisotopic (exact) mass is 374 g/mol. The van der Waals surface area contributed by atoms with Crippen LogP contribution in [0.5, 0.6) is 0 Å². The second-order valence-electron chi connectivity index (χ2n) is 6.03. The molecule has 2 atom stereocenters. The lowest BCUT2D eigenvalue weighted by molar-refractivity contribution is -0.147. The van der Waals surface area contributed by atoms with Crippen LogP contribution in [0.2, 0.25) is 4.34 Å². The summed E-state index contributed by atoms with van der Waals surface area (Å²) in [6, 6.07) is 11.1. The normalized spacial score (nSPS) is 19.0. The Hall–Kier alpha value is -2.31. The Kier molecular flexibility index (Phi) is 4.01. The number of aromatic amines is 1. The second kappa shape index (κ2) is 6.20. The first kappa shape index (κ1) is 16.2. The van der Waals surface area contributed by atoms with Crippen molar-refractivity contribution in [3.63, 3.8) is 0 Å². The van der Waals surface area contributed by atoms with Crippen molar-refractivity contribution in [3.8, 4) is 0 Å². The number of amides is 1. The number of thiophene rings is 1. The molecule has 1 amide bonds. The number of halogens is 1. The van der Waals surface area contributed by atoms with Crippen LogP contribution >= 0.6 is 22.9 Å². The summed E-state index contributed by atoms with van der Waals surface area (Å²) in [6.45, 7) is 1.38. The molecule has 0 fully saturated rings. The number of nitrogens with one attached hydrogen (secondary N) is 2. The van der Waals surface area contributed by atoms with Crippen molar-refractivity contribution in [2.75, 3.05) is 0 Å². The summed E-state index contributed by atoms with van der Waals surface area (Å²) >= 11 is 7.35. The molecular weight excluding hydrogens is 360 g/mol. The maximum absolute atomic E-state index is 12.6. The molecule has 4 rings (SSSR count). The maximum Gasteiger partial charge on any atom is 0.303 e. The predicted molar refractivity (Wildman–Crippen MR) is 97.1 cm³/mol. The molecule has 0 spiro atoms. The van der Waals surface area contributed by atoms with E-state index in [-0.39, 0.29) is 17.9 Å². The molecule has 1 aromatic carbocycles. The van der Waals surface area contributed by atoms with Gasteiger partial charge in [0, 0.05) is 12.3 Å². The van der Waals surface area contributed by atoms with Crippen molar-refractivity contribution in [1.29, 1.82) is 0 Å². The van der Waals surface area contributed by atoms with E-state index in [0.717, 1.165) is 21.3 Å². The number of carbonyl (C=O) groups excluding carboxylic acids is 2. The molecule has 0 radical (unpaired) electrons. The molecule has 0 bridgehead atoms. The summed E-state index contributed by atoms with van der Waals surface area (Å²) in [5, 5.41) is 3.90. The lowest BCUT2D eigenvalue weighted by atomic mass is 10.1. The number of hydrogen-bond donors (Lipinski definition) is 2. The highest BCUT2D eigenvalue weighted by molar-refractivity contribution is 7.22. The number of aromatic nitrogens is 1. The number of carbonyl (C=O) groups is 2. The number of benzene rings is 1. The summed E-state index contributed by atoms with van der Waals surface area (Å²) in [7, 11) is 0. The zero-order chi connectivity index (χ0) is 17.6. The summed E-state index contributed by atoms with van der Waals surface area (Å²) in [6.07, 6.45) is 0.156. The molecule has 0 saturated heterocycles. The van der Waals surface area contributed by atoms with Gasteiger partial charge < -0.3 is 15.0 Å². The minimum absolute atomic E-state index is 0.227. The van der Waals surface area contributed by atoms with Crippen molar-refractivity contribution >= 4 is 45.0 Å². The smallest absolute Gasteiger partial charge is 0.303 e. The third-order valence-electron chi connectivity index (χ3n) is 4.30. The summed E-state index contributed by atoms with van der Waals surface area (Å²) in [5.41, 5.74) is 2.50. The average Bonchev–Trinajstić information content (AvgIpc) is 3.19. The van der Waals surface area contributed by atoms with Gasteiger partial charge in [-0.1, -0.05) is 35.9 Å². The molecular formula is C18H15ClN2O3S. The molecule has 1 aliphatic rings. The zero-order valence-electron chi connectivity index (χ0n) is 13.3. The number of hydrogen-bond acceptors (Lipinski definition) is 4. The maximum atomic E-state index is 12.6. The number of rotatable bonds is 3. The Morgan fingerprint density at radius 1 is 1.32 bits per heavy atom. The average molecular weight is 375 g/mol. The largest absolute Gasteiger partial charge is 0.455 e. The van der Waals surface area contributed by atoms with E-state index < -0.39 is 6.10 Å². The van der Waals surface area contributed by atoms with Gasteiger partial charge in [0.2, 0.25) is 0 Å². The molecule has 128 valence electrons. The Morgan fingerprint density at radius 3 is 2.88 bits per heavy atom. The van der Waals surface area contributed by atoms with Crippen molar-refractivity contribution in [2.45, 2.75) is 25.5 Å². The van der Waals surface area contributed by atoms with Gasteiger partial charge in [-0.25, -0.2) is 0 Å². The van der Waals surface area contributed by atoms with Gasteiger partial charge >= 0.3 is 5.97 Å². The Morgan fingerprint density at radius 2 is 2.12 bits per heavy atom. The highest BCUT2D eigenvalue weighted by Gasteiger charge is 2.36. The minimum Gasteiger partial charge on any atom is -0.455 e. The van der Waals surface area contributed by atoms with Crippen molar-refractivity contribution in [3.05, 3.63) is 57.6 Å². The Balaban J connectivity index is 1.57. The van der Waals surface area contributed by atoms with Gasteiger partial charge in [0.25, 0.3) is 5.91 Å². The summed E-state index contributed by atoms with van der Waals surface area (Å²) in [4.78, 5) is 28.0. The highest BCUT2D eigenvalue weighted by Crippen LogP contribution is 2.35. The van der Waals surface area contributed by atoms with Gasteiger partial charge in [-0.3, -0.25) is 9.59 Å². The molecule has 2 heterocycles. The van der Waals surface area contributed by atoms with Crippen LogP contribution in [0.1, 0.15) is 34.6 Å². The number of esters is 1. The van der Waals surface area contributed by atoms with E-state index in [2.05, 4.69) is 10.3 Å². The Bertz CT molecular complexity index is 946. The molecule has 5 nitrogen and oxygen atoms in total. The third kappa shape index (κ3) is 3.03. The van der Waals surface area contributed by atoms with Crippen molar-refractivity contribution in [2.24, 2.45) is 0 Å². The van der Waals surface area contributed by atoms with E-state index >= 15 is 0 Å². The standard InChI is InChI=1S/C18H15ClN2O3S/c1-9(22)24-16-12-5-3-2-4-10(12)6-13(16)20-17(23)14-7-11-8-15(19)25-18(11)21-14/h2-5,7-8,13,16,21H,6H2,1H3,(H,20,23)/t13-,16-/m1/s1. The third-order valence-corrected chi connectivity index (χ3v) is 5.50. The van der Waals surface area contributed by atoms with Crippen LogP contribution in [-0.2, 0) is 16.0 Å². The van der Waals surface area contributed by atoms with E-state index in [1.54, 1.807) is 6.07 Å². The van der Waals surface area contributed by atoms with Crippen LogP contribution in [0.15, 0.2) is 36.4 Å². The number of ether oxygens (including phenoxy) is 1. The highest BCUT2D eigenvalue weighted by atomic mass is 35.5. The van der Waals surface area contributed by atoms with E-state index in [1.165, 1.54) is 18.3 Å². The van der Waals surface area contributed by atoms with Gasteiger partial charge in [-0.15, -0.1) is 11.3 Å². The molecule has 1 aliphatic carbocycles. The van der Waals surface area contributed by atoms with Crippen LogP contribution in [0.3, 0.4) is 0 Å². The Labute approximate surface area is 152 Å². The van der Waals surface area contributed by atoms with Crippen LogP contribution in [0.25, 0.3) is 10.2 Å². The van der Waals surface area contributed by atoms with E-state index in [4.69, 9.17) is 16.3 Å². The fourth-order valence-electron chi connectivity index (χ4n) is 3.27. The molecule has 2 N–H and O–H groups in total. The van der Waals surface area contributed by atoms with E-state index in [1.807, 2.05) is 30.3 Å². The zero-order valence-corrected chi connectivity index (χ0v) is 14.9. The molecule has 25 heavy (non-hydrogen) atoms. The minimum atomic E-state index is -0.469. The lowest BCUT2D eigenvalue weighted by Gasteiger charge is -2.21. The van der Waals surface area contributed by atoms with Crippen LogP contribution in [0.4, 0.5) is 0 Å². The van der Waals surface area contributed by atoms with Gasteiger partial charge in [-0.2, -0.15) is 0 Å². The topological polar surface area (TPSA) is 71.2 Å². The first-order chi connectivity index (χ1) is 12.0. The number of H-pyrrole nitrogens is 1. The van der Waals surface area contributed by atoms with Gasteiger partial charge in [0.15, 0.2) is 0 Å². The van der Waals surface area contributed by atoms with Crippen molar-refractivity contribution in [1.82, 2.24) is 10.3 Å². The van der Waals surface area contributed by atoms with E-state index in [0.29, 0.717) is 16.5 Å². The summed E-state index contributed by atoms with van der Waals surface area (Å²) in [5.74, 6) is -0.592. The van der Waals surface area contributed by atoms with Crippen LogP contribution < -0.4 is 5.32 Å². The predicted octanol–water partition coefficient (Wildman–Crippen LogP) is 3.84. The summed E-state index contributed by atoms with van der Waals surface area (Å²) < 4.78 is 6.14. The first-order valence-electron chi connectivity index (χ1n) is 7.85. The quantitative estimate of drug-likeness (QED) is 0.684. The molecule has 2 aromatic heterocycles. The second-order valence-corrected chi connectivity index (χ2v) is 7.71. The fraction of sp³-hybridized carbons (Fsp3) is 0.222. The van der Waals surface area contributed by atoms with Crippen LogP contribution in [0, 0.1) is 0 Å². The molecule has 0 aliphatic heterocycles. The molecule has 0 unspecified atom stereocenters. The first-order valence-corrected chi connectivity index (χ1v) is 9.04. The van der Waals surface area contributed by atoms with Crippen LogP contribution in [-0.4, -0.2) is 22.9 Å². The lowest BCUT2D eigenvalue weighted by Crippen LogP contribution is -2.39. The van der Waals surface area contributed by atoms with E-state index in [9.17, 15) is 9.59 Å². The molecule has 3 aromatic rings. The van der Waals surface area contributed by atoms with Crippen molar-refractivity contribution < 1.29 is 14.3 Å².